The number of urea groups is 1. The number of amides is 3. The third-order valence-corrected chi connectivity index (χ3v) is 5.17. The van der Waals surface area contributed by atoms with Crippen LogP contribution in [0.2, 0.25) is 5.02 Å². The molecule has 12 heteroatoms. The molecule has 7 nitrogen and oxygen atoms in total. The number of nitrogens with one attached hydrogen (secondary N) is 2. The average molecular weight is 544 g/mol. The van der Waals surface area contributed by atoms with Gasteiger partial charge in [0.05, 0.1) is 10.6 Å². The molecule has 2 aromatic carbocycles. The zero-order chi connectivity index (χ0) is 24.2. The summed E-state index contributed by atoms with van der Waals surface area (Å²) < 4.78 is 44.6. The molecular weight excluding hydrogens is 529 g/mol. The Balaban J connectivity index is 1.68. The summed E-state index contributed by atoms with van der Waals surface area (Å²) in [5.74, 6) is 1.02. The Hall–Kier alpha value is -3.31. The van der Waals surface area contributed by atoms with E-state index in [1.165, 1.54) is 54.5 Å². The summed E-state index contributed by atoms with van der Waals surface area (Å²) in [6.45, 7) is 0. The summed E-state index contributed by atoms with van der Waals surface area (Å²) in [7, 11) is 1.54. The summed E-state index contributed by atoms with van der Waals surface area (Å²) in [6.07, 6.45) is -2.51. The number of hydrogen-bond donors (Lipinski definition) is 2. The van der Waals surface area contributed by atoms with Crippen LogP contribution in [0.5, 0.6) is 11.5 Å². The number of carbonyl (C=O) groups is 2. The lowest BCUT2D eigenvalue weighted by molar-refractivity contribution is -0.138. The van der Waals surface area contributed by atoms with Crippen LogP contribution in [0.4, 0.5) is 35.2 Å². The lowest BCUT2D eigenvalue weighted by Crippen LogP contribution is -2.20. The normalized spacial score (nSPS) is 11.0. The van der Waals surface area contributed by atoms with E-state index in [0.29, 0.717) is 18.0 Å². The first kappa shape index (κ1) is 24.3. The fourth-order valence-electron chi connectivity index (χ4n) is 2.61. The van der Waals surface area contributed by atoms with Crippen molar-refractivity contribution in [3.05, 3.63) is 69.8 Å². The highest BCUT2D eigenvalue weighted by atomic mass is 79.9. The zero-order valence-electron chi connectivity index (χ0n) is 16.8. The summed E-state index contributed by atoms with van der Waals surface area (Å²) in [5, 5.41) is 4.99. The number of pyridine rings is 1. The minimum absolute atomic E-state index is 0.0390. The maximum Gasteiger partial charge on any atom is 0.417 e. The fraction of sp³-hybridized carbons (Fsp3) is 0.0952. The second kappa shape index (κ2) is 10.1. The van der Waals surface area contributed by atoms with Crippen LogP contribution in [-0.4, -0.2) is 24.5 Å². The number of halogens is 5. The number of alkyl halides is 3. The molecule has 0 atom stereocenters. The Labute approximate surface area is 199 Å². The molecule has 0 saturated carbocycles. The van der Waals surface area contributed by atoms with Crippen molar-refractivity contribution in [3.63, 3.8) is 0 Å². The number of rotatable bonds is 6. The molecule has 2 N–H and O–H groups in total. The molecule has 0 aliphatic heterocycles. The highest BCUT2D eigenvalue weighted by Crippen LogP contribution is 2.36. The molecule has 1 heterocycles. The number of benzene rings is 2. The van der Waals surface area contributed by atoms with Crippen LogP contribution in [0.15, 0.2) is 59.2 Å². The van der Waals surface area contributed by atoms with E-state index in [9.17, 15) is 22.8 Å². The van der Waals surface area contributed by atoms with Gasteiger partial charge in [-0.05, 0) is 42.5 Å². The van der Waals surface area contributed by atoms with Gasteiger partial charge in [-0.1, -0.05) is 27.5 Å². The highest BCUT2D eigenvalue weighted by molar-refractivity contribution is 9.10. The van der Waals surface area contributed by atoms with E-state index in [2.05, 4.69) is 31.5 Å². The SMILES string of the molecule is CN(C=O)c1cc(Oc2ccc(NC(=O)Nc3ccc(Br)c(C(F)(F)F)c3)cc2Cl)ccn1. The predicted octanol–water partition coefficient (Wildman–Crippen LogP) is 6.55. The lowest BCUT2D eigenvalue weighted by Gasteiger charge is -2.14. The first-order chi connectivity index (χ1) is 15.6. The van der Waals surface area contributed by atoms with Crippen molar-refractivity contribution in [1.29, 1.82) is 0 Å². The smallest absolute Gasteiger partial charge is 0.417 e. The molecule has 0 aliphatic carbocycles. The van der Waals surface area contributed by atoms with Gasteiger partial charge in [0, 0.05) is 35.2 Å². The quantitative estimate of drug-likeness (QED) is 0.346. The van der Waals surface area contributed by atoms with Crippen molar-refractivity contribution in [3.8, 4) is 11.5 Å². The summed E-state index contributed by atoms with van der Waals surface area (Å²) in [4.78, 5) is 28.4. The predicted molar refractivity (Wildman–Crippen MR) is 122 cm³/mol. The molecule has 33 heavy (non-hydrogen) atoms. The molecule has 0 aliphatic rings. The first-order valence-electron chi connectivity index (χ1n) is 9.13. The van der Waals surface area contributed by atoms with Crippen LogP contribution in [0.1, 0.15) is 5.56 Å². The monoisotopic (exact) mass is 542 g/mol. The minimum Gasteiger partial charge on any atom is -0.456 e. The number of aromatic nitrogens is 1. The third-order valence-electron chi connectivity index (χ3n) is 4.18. The van der Waals surface area contributed by atoms with Crippen LogP contribution in [0.25, 0.3) is 0 Å². The van der Waals surface area contributed by atoms with Crippen molar-refractivity contribution < 1.29 is 27.5 Å². The lowest BCUT2D eigenvalue weighted by atomic mass is 10.2. The summed E-state index contributed by atoms with van der Waals surface area (Å²) >= 11 is 9.07. The van der Waals surface area contributed by atoms with Crippen LogP contribution in [0, 0.1) is 0 Å². The van der Waals surface area contributed by atoms with Crippen LogP contribution < -0.4 is 20.3 Å². The Morgan fingerprint density at radius 2 is 1.79 bits per heavy atom. The topological polar surface area (TPSA) is 83.6 Å². The number of anilines is 3. The van der Waals surface area contributed by atoms with Crippen molar-refractivity contribution in [2.24, 2.45) is 0 Å². The van der Waals surface area contributed by atoms with Gasteiger partial charge in [-0.3, -0.25) is 4.79 Å². The molecule has 0 saturated heterocycles. The van der Waals surface area contributed by atoms with Gasteiger partial charge in [0.2, 0.25) is 6.41 Å². The van der Waals surface area contributed by atoms with Crippen molar-refractivity contribution >= 4 is 57.2 Å². The second-order valence-electron chi connectivity index (χ2n) is 6.58. The Morgan fingerprint density at radius 1 is 1.12 bits per heavy atom. The van der Waals surface area contributed by atoms with Gasteiger partial charge in [0.25, 0.3) is 0 Å². The molecule has 172 valence electrons. The summed E-state index contributed by atoms with van der Waals surface area (Å²) in [5.41, 5.74) is -0.666. The van der Waals surface area contributed by atoms with Gasteiger partial charge < -0.3 is 20.3 Å². The van der Waals surface area contributed by atoms with Crippen LogP contribution in [-0.2, 0) is 11.0 Å². The average Bonchev–Trinajstić information content (AvgIpc) is 2.76. The number of ether oxygens (including phenoxy) is 1. The molecule has 3 aromatic rings. The van der Waals surface area contributed by atoms with Gasteiger partial charge in [-0.25, -0.2) is 9.78 Å². The van der Waals surface area contributed by atoms with E-state index in [1.807, 2.05) is 0 Å². The van der Waals surface area contributed by atoms with Crippen LogP contribution >= 0.6 is 27.5 Å². The Bertz CT molecular complexity index is 1190. The molecule has 0 unspecified atom stereocenters. The largest absolute Gasteiger partial charge is 0.456 e. The van der Waals surface area contributed by atoms with Gasteiger partial charge in [0.15, 0.2) is 0 Å². The first-order valence-corrected chi connectivity index (χ1v) is 10.3. The Morgan fingerprint density at radius 3 is 2.42 bits per heavy atom. The molecule has 3 rings (SSSR count). The number of hydrogen-bond acceptors (Lipinski definition) is 4. The zero-order valence-corrected chi connectivity index (χ0v) is 19.1. The van der Waals surface area contributed by atoms with Gasteiger partial charge in [-0.15, -0.1) is 0 Å². The van der Waals surface area contributed by atoms with E-state index < -0.39 is 17.8 Å². The van der Waals surface area contributed by atoms with E-state index >= 15 is 0 Å². The second-order valence-corrected chi connectivity index (χ2v) is 7.85. The molecule has 0 radical (unpaired) electrons. The molecule has 0 spiro atoms. The van der Waals surface area contributed by atoms with Crippen molar-refractivity contribution in [1.82, 2.24) is 4.98 Å². The molecule has 0 bridgehead atoms. The minimum atomic E-state index is -4.57. The van der Waals surface area contributed by atoms with Gasteiger partial charge in [-0.2, -0.15) is 13.2 Å². The number of carbonyl (C=O) groups excluding carboxylic acids is 2. The Kier molecular flexibility index (Phi) is 7.44. The van der Waals surface area contributed by atoms with E-state index in [-0.39, 0.29) is 26.6 Å². The van der Waals surface area contributed by atoms with Crippen molar-refractivity contribution in [2.45, 2.75) is 6.18 Å². The van der Waals surface area contributed by atoms with Gasteiger partial charge >= 0.3 is 12.2 Å². The third kappa shape index (κ3) is 6.36. The van der Waals surface area contributed by atoms with Crippen molar-refractivity contribution in [2.75, 3.05) is 22.6 Å². The van der Waals surface area contributed by atoms with Gasteiger partial charge in [0.1, 0.15) is 17.3 Å². The highest BCUT2D eigenvalue weighted by Gasteiger charge is 2.33. The fourth-order valence-corrected chi connectivity index (χ4v) is 3.30. The molecule has 1 aromatic heterocycles. The van der Waals surface area contributed by atoms with E-state index in [1.54, 1.807) is 6.07 Å². The van der Waals surface area contributed by atoms with Crippen LogP contribution in [0.3, 0.4) is 0 Å². The molecule has 0 fully saturated rings. The van der Waals surface area contributed by atoms with E-state index in [4.69, 9.17) is 16.3 Å². The molecular formula is C21H15BrClF3N4O3. The molecule has 3 amide bonds. The van der Waals surface area contributed by atoms with E-state index in [0.717, 1.165) is 6.07 Å². The summed E-state index contributed by atoms with van der Waals surface area (Å²) in [6, 6.07) is 10.1. The maximum absolute atomic E-state index is 13.0. The standard InChI is InChI=1S/C21H15BrClF3N4O3/c1-30(11-31)19-10-14(6-7-27-19)33-18-5-3-13(9-17(18)23)29-20(32)28-12-2-4-16(22)15(8-12)21(24,25)26/h2-11H,1H3,(H2,28,29,32). The maximum atomic E-state index is 13.0. The number of nitrogens with zero attached hydrogens (tertiary/aromatic N) is 2.